The molecule has 0 bridgehead atoms. The van der Waals surface area contributed by atoms with Crippen LogP contribution in [0.1, 0.15) is 35.8 Å². The van der Waals surface area contributed by atoms with E-state index in [2.05, 4.69) is 28.9 Å². The summed E-state index contributed by atoms with van der Waals surface area (Å²) in [5, 5.41) is 11.3. The maximum absolute atomic E-state index is 10.9. The van der Waals surface area contributed by atoms with E-state index >= 15 is 0 Å². The molecule has 4 nitrogen and oxygen atoms in total. The summed E-state index contributed by atoms with van der Waals surface area (Å²) >= 11 is 1.38. The summed E-state index contributed by atoms with van der Waals surface area (Å²) in [5.41, 5.74) is 2.38. The molecule has 0 amide bonds. The molecule has 116 valence electrons. The first-order valence-electron chi connectivity index (χ1n) is 7.62. The number of carboxylic acid groups (broad SMARTS) is 1. The predicted octanol–water partition coefficient (Wildman–Crippen LogP) is 3.74. The van der Waals surface area contributed by atoms with Crippen LogP contribution in [-0.2, 0) is 6.54 Å². The number of likely N-dealkylation sites (tertiary alicyclic amines) is 1. The number of carboxylic acids is 1. The van der Waals surface area contributed by atoms with Crippen LogP contribution in [0.2, 0.25) is 0 Å². The van der Waals surface area contributed by atoms with Crippen LogP contribution in [0, 0.1) is 5.92 Å². The van der Waals surface area contributed by atoms with Gasteiger partial charge in [-0.3, -0.25) is 4.90 Å². The summed E-state index contributed by atoms with van der Waals surface area (Å²) < 4.78 is 0. The van der Waals surface area contributed by atoms with Crippen molar-refractivity contribution in [3.8, 4) is 10.6 Å². The predicted molar refractivity (Wildman–Crippen MR) is 88.2 cm³/mol. The van der Waals surface area contributed by atoms with E-state index in [-0.39, 0.29) is 5.69 Å². The fourth-order valence-corrected chi connectivity index (χ4v) is 3.79. The van der Waals surface area contributed by atoms with E-state index in [9.17, 15) is 4.79 Å². The Morgan fingerprint density at radius 3 is 3.09 bits per heavy atom. The van der Waals surface area contributed by atoms with Gasteiger partial charge in [-0.2, -0.15) is 0 Å². The van der Waals surface area contributed by atoms with Crippen molar-refractivity contribution in [3.63, 3.8) is 0 Å². The van der Waals surface area contributed by atoms with Crippen molar-refractivity contribution in [2.75, 3.05) is 13.1 Å². The molecule has 1 aliphatic rings. The maximum Gasteiger partial charge on any atom is 0.355 e. The van der Waals surface area contributed by atoms with Gasteiger partial charge in [0.05, 0.1) is 0 Å². The monoisotopic (exact) mass is 316 g/mol. The quantitative estimate of drug-likeness (QED) is 0.933. The number of piperidine rings is 1. The molecule has 1 aliphatic heterocycles. The summed E-state index contributed by atoms with van der Waals surface area (Å²) in [6.45, 7) is 5.58. The summed E-state index contributed by atoms with van der Waals surface area (Å²) in [5.74, 6) is -0.199. The van der Waals surface area contributed by atoms with Crippen LogP contribution in [0.5, 0.6) is 0 Å². The number of aromatic carboxylic acids is 1. The number of nitrogens with zero attached hydrogens (tertiary/aromatic N) is 2. The molecule has 1 fully saturated rings. The van der Waals surface area contributed by atoms with Crippen LogP contribution in [0.25, 0.3) is 10.6 Å². The van der Waals surface area contributed by atoms with Gasteiger partial charge in [0, 0.05) is 24.0 Å². The van der Waals surface area contributed by atoms with Gasteiger partial charge in [-0.05, 0) is 36.9 Å². The number of rotatable bonds is 4. The highest BCUT2D eigenvalue weighted by Gasteiger charge is 2.16. The molecule has 1 saturated heterocycles. The number of hydrogen-bond acceptors (Lipinski definition) is 4. The van der Waals surface area contributed by atoms with E-state index in [1.165, 1.54) is 29.7 Å². The Morgan fingerprint density at radius 2 is 2.36 bits per heavy atom. The highest BCUT2D eigenvalue weighted by molar-refractivity contribution is 7.13. The molecular formula is C17H20N2O2S. The number of hydrogen-bond donors (Lipinski definition) is 1. The van der Waals surface area contributed by atoms with Crippen molar-refractivity contribution < 1.29 is 9.90 Å². The highest BCUT2D eigenvalue weighted by Crippen LogP contribution is 2.25. The molecule has 1 aromatic carbocycles. The molecule has 1 unspecified atom stereocenters. The first-order chi connectivity index (χ1) is 10.6. The van der Waals surface area contributed by atoms with Gasteiger partial charge in [-0.25, -0.2) is 9.78 Å². The summed E-state index contributed by atoms with van der Waals surface area (Å²) in [6.07, 6.45) is 2.60. The fraction of sp³-hybridized carbons (Fsp3) is 0.412. The van der Waals surface area contributed by atoms with Crippen LogP contribution < -0.4 is 0 Å². The van der Waals surface area contributed by atoms with Crippen molar-refractivity contribution in [2.45, 2.75) is 26.3 Å². The zero-order valence-corrected chi connectivity index (χ0v) is 13.5. The first-order valence-corrected chi connectivity index (χ1v) is 8.50. The van der Waals surface area contributed by atoms with Crippen molar-refractivity contribution in [3.05, 3.63) is 40.9 Å². The molecule has 0 radical (unpaired) electrons. The second kappa shape index (κ2) is 6.58. The minimum Gasteiger partial charge on any atom is -0.476 e. The van der Waals surface area contributed by atoms with E-state index in [4.69, 9.17) is 5.11 Å². The third-order valence-electron chi connectivity index (χ3n) is 4.04. The van der Waals surface area contributed by atoms with Crippen LogP contribution in [0.15, 0.2) is 29.6 Å². The Morgan fingerprint density at radius 1 is 1.50 bits per heavy atom. The van der Waals surface area contributed by atoms with Crippen molar-refractivity contribution in [1.29, 1.82) is 0 Å². The van der Waals surface area contributed by atoms with E-state index in [1.807, 2.05) is 12.1 Å². The van der Waals surface area contributed by atoms with E-state index in [1.54, 1.807) is 5.38 Å². The van der Waals surface area contributed by atoms with Gasteiger partial charge in [0.15, 0.2) is 5.69 Å². The number of benzene rings is 1. The Hall–Kier alpha value is -1.72. The number of thiazole rings is 1. The van der Waals surface area contributed by atoms with Gasteiger partial charge < -0.3 is 5.11 Å². The van der Waals surface area contributed by atoms with Crippen molar-refractivity contribution >= 4 is 17.3 Å². The molecule has 1 atom stereocenters. The lowest BCUT2D eigenvalue weighted by atomic mass is 9.99. The normalized spacial score (nSPS) is 19.2. The molecule has 5 heteroatoms. The second-order valence-electron chi connectivity index (χ2n) is 6.03. The molecular weight excluding hydrogens is 296 g/mol. The molecule has 2 heterocycles. The Kier molecular flexibility index (Phi) is 4.55. The first kappa shape index (κ1) is 15.2. The van der Waals surface area contributed by atoms with Gasteiger partial charge >= 0.3 is 5.97 Å². The molecule has 2 aromatic rings. The lowest BCUT2D eigenvalue weighted by Gasteiger charge is -2.30. The molecule has 0 spiro atoms. The van der Waals surface area contributed by atoms with Crippen LogP contribution in [0.4, 0.5) is 0 Å². The zero-order chi connectivity index (χ0) is 15.5. The van der Waals surface area contributed by atoms with Crippen LogP contribution in [-0.4, -0.2) is 34.0 Å². The Balaban J connectivity index is 1.75. The second-order valence-corrected chi connectivity index (χ2v) is 6.88. The van der Waals surface area contributed by atoms with Gasteiger partial charge in [-0.15, -0.1) is 11.3 Å². The average Bonchev–Trinajstić information content (AvgIpc) is 2.97. The summed E-state index contributed by atoms with van der Waals surface area (Å²) in [6, 6.07) is 8.28. The number of carbonyl (C=O) groups is 1. The van der Waals surface area contributed by atoms with Crippen LogP contribution >= 0.6 is 11.3 Å². The van der Waals surface area contributed by atoms with Gasteiger partial charge in [0.25, 0.3) is 0 Å². The molecule has 22 heavy (non-hydrogen) atoms. The lowest BCUT2D eigenvalue weighted by Crippen LogP contribution is -2.33. The summed E-state index contributed by atoms with van der Waals surface area (Å²) in [7, 11) is 0. The largest absolute Gasteiger partial charge is 0.476 e. The standard InChI is InChI=1S/C17H20N2O2S/c1-12-4-3-7-19(9-12)10-13-5-2-6-14(8-13)16-18-15(11-22-16)17(20)21/h2,5-6,8,11-12H,3-4,7,9-10H2,1H3,(H,20,21). The van der Waals surface area contributed by atoms with Gasteiger partial charge in [-0.1, -0.05) is 25.1 Å². The average molecular weight is 316 g/mol. The zero-order valence-electron chi connectivity index (χ0n) is 12.7. The third kappa shape index (κ3) is 3.54. The SMILES string of the molecule is CC1CCCN(Cc2cccc(-c3nc(C(=O)O)cs3)c2)C1. The van der Waals surface area contributed by atoms with Crippen molar-refractivity contribution in [2.24, 2.45) is 5.92 Å². The Labute approximate surface area is 134 Å². The van der Waals surface area contributed by atoms with E-state index < -0.39 is 5.97 Å². The molecule has 1 N–H and O–H groups in total. The smallest absolute Gasteiger partial charge is 0.355 e. The third-order valence-corrected chi connectivity index (χ3v) is 4.94. The topological polar surface area (TPSA) is 53.4 Å². The molecule has 0 saturated carbocycles. The highest BCUT2D eigenvalue weighted by atomic mass is 32.1. The molecule has 3 rings (SSSR count). The number of aromatic nitrogens is 1. The van der Waals surface area contributed by atoms with Gasteiger partial charge in [0.2, 0.25) is 0 Å². The summed E-state index contributed by atoms with van der Waals surface area (Å²) in [4.78, 5) is 17.6. The van der Waals surface area contributed by atoms with E-state index in [0.717, 1.165) is 36.1 Å². The Bertz CT molecular complexity index is 668. The minimum absolute atomic E-state index is 0.121. The lowest BCUT2D eigenvalue weighted by molar-refractivity contribution is 0.0691. The molecule has 0 aliphatic carbocycles. The van der Waals surface area contributed by atoms with Crippen LogP contribution in [0.3, 0.4) is 0 Å². The van der Waals surface area contributed by atoms with Crippen molar-refractivity contribution in [1.82, 2.24) is 9.88 Å². The molecule has 1 aromatic heterocycles. The maximum atomic E-state index is 10.9. The fourth-order valence-electron chi connectivity index (χ4n) is 3.00. The van der Waals surface area contributed by atoms with E-state index in [0.29, 0.717) is 0 Å². The minimum atomic E-state index is -0.971. The van der Waals surface area contributed by atoms with Gasteiger partial charge in [0.1, 0.15) is 5.01 Å².